The van der Waals surface area contributed by atoms with Crippen molar-refractivity contribution in [1.82, 2.24) is 0 Å². The molecule has 0 aliphatic carbocycles. The summed E-state index contributed by atoms with van der Waals surface area (Å²) in [5.41, 5.74) is 6.34. The van der Waals surface area contributed by atoms with Gasteiger partial charge in [0.2, 0.25) is 5.91 Å². The van der Waals surface area contributed by atoms with Crippen LogP contribution in [0, 0.1) is 0 Å². The summed E-state index contributed by atoms with van der Waals surface area (Å²) in [6.45, 7) is 0.457. The van der Waals surface area contributed by atoms with Crippen LogP contribution in [0.5, 0.6) is 0 Å². The van der Waals surface area contributed by atoms with Gasteiger partial charge in [-0.1, -0.05) is 11.6 Å². The lowest BCUT2D eigenvalue weighted by atomic mass is 10.2. The molecule has 1 rings (SSSR count). The molecule has 0 heterocycles. The van der Waals surface area contributed by atoms with Crippen molar-refractivity contribution in [2.45, 2.75) is 12.5 Å². The number of benzene rings is 1. The second kappa shape index (κ2) is 6.96. The Balaban J connectivity index is 2.58. The van der Waals surface area contributed by atoms with E-state index in [1.54, 1.807) is 25.3 Å². The molecule has 1 atom stereocenters. The quantitative estimate of drug-likeness (QED) is 0.875. The van der Waals surface area contributed by atoms with Crippen LogP contribution in [0.15, 0.2) is 22.7 Å². The molecule has 1 amide bonds. The summed E-state index contributed by atoms with van der Waals surface area (Å²) < 4.78 is 5.59. The van der Waals surface area contributed by atoms with Gasteiger partial charge in [0.25, 0.3) is 0 Å². The molecule has 0 aliphatic rings. The molecule has 0 aromatic heterocycles. The second-order valence-corrected chi connectivity index (χ2v) is 4.77. The van der Waals surface area contributed by atoms with E-state index in [0.717, 1.165) is 4.47 Å². The van der Waals surface area contributed by atoms with Crippen LogP contribution in [0.4, 0.5) is 5.69 Å². The molecular formula is C11H14BrClN2O2. The summed E-state index contributed by atoms with van der Waals surface area (Å²) in [7, 11) is 1.57. The molecular weight excluding hydrogens is 307 g/mol. The van der Waals surface area contributed by atoms with E-state index < -0.39 is 6.04 Å². The van der Waals surface area contributed by atoms with Crippen LogP contribution >= 0.6 is 27.5 Å². The molecule has 0 spiro atoms. The van der Waals surface area contributed by atoms with E-state index in [0.29, 0.717) is 23.7 Å². The van der Waals surface area contributed by atoms with Gasteiger partial charge in [0, 0.05) is 23.9 Å². The number of anilines is 1. The van der Waals surface area contributed by atoms with Crippen LogP contribution in [0.1, 0.15) is 6.42 Å². The van der Waals surface area contributed by atoms with E-state index in [9.17, 15) is 4.79 Å². The average Bonchev–Trinajstić information content (AvgIpc) is 2.30. The van der Waals surface area contributed by atoms with Crippen LogP contribution in [-0.2, 0) is 9.53 Å². The molecule has 0 saturated heterocycles. The normalized spacial score (nSPS) is 12.2. The number of nitrogens with one attached hydrogen (secondary N) is 1. The number of nitrogens with two attached hydrogens (primary N) is 1. The third-order valence-electron chi connectivity index (χ3n) is 2.16. The number of rotatable bonds is 5. The van der Waals surface area contributed by atoms with Gasteiger partial charge in [0.1, 0.15) is 0 Å². The number of halogens is 2. The number of carbonyl (C=O) groups is 1. The van der Waals surface area contributed by atoms with Gasteiger partial charge >= 0.3 is 0 Å². The van der Waals surface area contributed by atoms with Crippen LogP contribution in [-0.4, -0.2) is 25.7 Å². The van der Waals surface area contributed by atoms with Crippen LogP contribution in [0.2, 0.25) is 5.02 Å². The number of carbonyl (C=O) groups excluding carboxylic acids is 1. The van der Waals surface area contributed by atoms with E-state index >= 15 is 0 Å². The third kappa shape index (κ3) is 4.63. The monoisotopic (exact) mass is 320 g/mol. The predicted molar refractivity (Wildman–Crippen MR) is 72.3 cm³/mol. The van der Waals surface area contributed by atoms with E-state index in [2.05, 4.69) is 21.2 Å². The Morgan fingerprint density at radius 3 is 2.94 bits per heavy atom. The first kappa shape index (κ1) is 14.4. The highest BCUT2D eigenvalue weighted by molar-refractivity contribution is 9.10. The first-order chi connectivity index (χ1) is 8.04. The second-order valence-electron chi connectivity index (χ2n) is 3.51. The molecule has 3 N–H and O–H groups in total. The van der Waals surface area contributed by atoms with Crippen LogP contribution in [0.3, 0.4) is 0 Å². The zero-order chi connectivity index (χ0) is 12.8. The summed E-state index contributed by atoms with van der Waals surface area (Å²) in [5, 5.41) is 3.30. The SMILES string of the molecule is COCCC(N)C(=O)Nc1ccc(Cl)c(Br)c1. The minimum atomic E-state index is -0.579. The maximum Gasteiger partial charge on any atom is 0.241 e. The fourth-order valence-corrected chi connectivity index (χ4v) is 1.68. The van der Waals surface area contributed by atoms with Crippen molar-refractivity contribution >= 4 is 39.1 Å². The Kier molecular flexibility index (Phi) is 5.91. The highest BCUT2D eigenvalue weighted by Crippen LogP contribution is 2.25. The van der Waals surface area contributed by atoms with Crippen molar-refractivity contribution in [3.05, 3.63) is 27.7 Å². The van der Waals surface area contributed by atoms with Gasteiger partial charge in [-0.2, -0.15) is 0 Å². The van der Waals surface area contributed by atoms with Crippen molar-refractivity contribution < 1.29 is 9.53 Å². The Labute approximate surface area is 114 Å². The predicted octanol–water partition coefficient (Wildman–Crippen LogP) is 2.40. The molecule has 0 bridgehead atoms. The topological polar surface area (TPSA) is 64.3 Å². The number of ether oxygens (including phenoxy) is 1. The van der Waals surface area contributed by atoms with E-state index in [1.165, 1.54) is 0 Å². The van der Waals surface area contributed by atoms with Crippen molar-refractivity contribution in [3.8, 4) is 0 Å². The zero-order valence-electron chi connectivity index (χ0n) is 9.37. The van der Waals surface area contributed by atoms with Crippen molar-refractivity contribution in [2.75, 3.05) is 19.0 Å². The van der Waals surface area contributed by atoms with Crippen LogP contribution in [0.25, 0.3) is 0 Å². The van der Waals surface area contributed by atoms with Gasteiger partial charge in [-0.3, -0.25) is 4.79 Å². The van der Waals surface area contributed by atoms with Gasteiger partial charge < -0.3 is 15.8 Å². The number of amides is 1. The molecule has 4 nitrogen and oxygen atoms in total. The van der Waals surface area contributed by atoms with E-state index in [4.69, 9.17) is 22.1 Å². The van der Waals surface area contributed by atoms with Gasteiger partial charge in [0.05, 0.1) is 11.1 Å². The lowest BCUT2D eigenvalue weighted by Crippen LogP contribution is -2.36. The molecule has 0 aliphatic heterocycles. The zero-order valence-corrected chi connectivity index (χ0v) is 11.7. The number of hydrogen-bond acceptors (Lipinski definition) is 3. The number of methoxy groups -OCH3 is 1. The summed E-state index contributed by atoms with van der Waals surface area (Å²) in [4.78, 5) is 11.7. The highest BCUT2D eigenvalue weighted by atomic mass is 79.9. The molecule has 17 heavy (non-hydrogen) atoms. The van der Waals surface area contributed by atoms with Crippen molar-refractivity contribution in [3.63, 3.8) is 0 Å². The first-order valence-electron chi connectivity index (χ1n) is 5.05. The molecule has 6 heteroatoms. The van der Waals surface area contributed by atoms with Crippen molar-refractivity contribution in [2.24, 2.45) is 5.73 Å². The first-order valence-corrected chi connectivity index (χ1v) is 6.22. The average molecular weight is 322 g/mol. The maximum absolute atomic E-state index is 11.7. The molecule has 1 aromatic rings. The fraction of sp³-hybridized carbons (Fsp3) is 0.364. The van der Waals surface area contributed by atoms with E-state index in [-0.39, 0.29) is 5.91 Å². The fourth-order valence-electron chi connectivity index (χ4n) is 1.18. The highest BCUT2D eigenvalue weighted by Gasteiger charge is 2.13. The Morgan fingerprint density at radius 1 is 1.65 bits per heavy atom. The minimum absolute atomic E-state index is 0.240. The van der Waals surface area contributed by atoms with Crippen LogP contribution < -0.4 is 11.1 Å². The Bertz CT molecular complexity index is 401. The van der Waals surface area contributed by atoms with Crippen molar-refractivity contribution in [1.29, 1.82) is 0 Å². The molecule has 1 unspecified atom stereocenters. The lowest BCUT2D eigenvalue weighted by Gasteiger charge is -2.12. The molecule has 0 radical (unpaired) electrons. The molecule has 0 fully saturated rings. The summed E-state index contributed by atoms with van der Waals surface area (Å²) >= 11 is 9.13. The molecule has 0 saturated carbocycles. The van der Waals surface area contributed by atoms with Gasteiger partial charge in [-0.05, 0) is 40.5 Å². The van der Waals surface area contributed by atoms with E-state index in [1.807, 2.05) is 0 Å². The standard InChI is InChI=1S/C11H14BrClN2O2/c1-17-5-4-10(14)11(16)15-7-2-3-9(13)8(12)6-7/h2-3,6,10H,4-5,14H2,1H3,(H,15,16). The van der Waals surface area contributed by atoms with Gasteiger partial charge in [0.15, 0.2) is 0 Å². The minimum Gasteiger partial charge on any atom is -0.385 e. The Hall–Kier alpha value is -0.620. The lowest BCUT2D eigenvalue weighted by molar-refractivity contribution is -0.117. The number of hydrogen-bond donors (Lipinski definition) is 2. The summed E-state index contributed by atoms with van der Waals surface area (Å²) in [6.07, 6.45) is 0.483. The Morgan fingerprint density at radius 2 is 2.35 bits per heavy atom. The summed E-state index contributed by atoms with van der Waals surface area (Å²) in [5.74, 6) is -0.240. The third-order valence-corrected chi connectivity index (χ3v) is 3.37. The molecule has 94 valence electrons. The largest absolute Gasteiger partial charge is 0.385 e. The van der Waals surface area contributed by atoms with Gasteiger partial charge in [-0.25, -0.2) is 0 Å². The van der Waals surface area contributed by atoms with Gasteiger partial charge in [-0.15, -0.1) is 0 Å². The maximum atomic E-state index is 11.7. The smallest absolute Gasteiger partial charge is 0.241 e. The molecule has 1 aromatic carbocycles. The summed E-state index contributed by atoms with van der Waals surface area (Å²) in [6, 6.07) is 4.56.